The van der Waals surface area contributed by atoms with Gasteiger partial charge in [0.25, 0.3) is 0 Å². The Bertz CT molecular complexity index is 986. The van der Waals surface area contributed by atoms with Crippen LogP contribution in [0.2, 0.25) is 0 Å². The molecular weight excluding hydrogens is 470 g/mol. The Labute approximate surface area is 191 Å². The van der Waals surface area contributed by atoms with E-state index in [1.54, 1.807) is 0 Å². The number of ether oxygens (including phenoxy) is 3. The van der Waals surface area contributed by atoms with Crippen LogP contribution in [-0.2, 0) is 33.8 Å². The van der Waals surface area contributed by atoms with Crippen LogP contribution in [0.3, 0.4) is 0 Å². The molecule has 3 atom stereocenters. The van der Waals surface area contributed by atoms with Gasteiger partial charge >= 0.3 is 12.4 Å². The maximum atomic E-state index is 13.6. The third-order valence-corrected chi connectivity index (χ3v) is 6.53. The molecule has 7 nitrogen and oxygen atoms in total. The van der Waals surface area contributed by atoms with Gasteiger partial charge in [0.15, 0.2) is 6.29 Å². The number of rotatable bonds is 7. The van der Waals surface area contributed by atoms with Gasteiger partial charge in [-0.25, -0.2) is 0 Å². The van der Waals surface area contributed by atoms with E-state index in [1.165, 1.54) is 20.3 Å². The Hall–Kier alpha value is -2.38. The van der Waals surface area contributed by atoms with Crippen molar-refractivity contribution in [2.24, 2.45) is 5.92 Å². The van der Waals surface area contributed by atoms with Crippen LogP contribution < -0.4 is 10.1 Å². The van der Waals surface area contributed by atoms with Gasteiger partial charge in [-0.05, 0) is 25.0 Å². The summed E-state index contributed by atoms with van der Waals surface area (Å²) in [5.41, 5.74) is -2.29. The summed E-state index contributed by atoms with van der Waals surface area (Å²) in [4.78, 5) is 4.08. The Balaban J connectivity index is 1.65. The van der Waals surface area contributed by atoms with Crippen LogP contribution in [0, 0.1) is 5.92 Å². The minimum atomic E-state index is -4.69. The third-order valence-electron chi connectivity index (χ3n) is 6.53. The van der Waals surface area contributed by atoms with E-state index in [-0.39, 0.29) is 18.3 Å². The van der Waals surface area contributed by atoms with Crippen molar-refractivity contribution in [3.8, 4) is 5.88 Å². The number of pyridine rings is 1. The van der Waals surface area contributed by atoms with Crippen molar-refractivity contribution in [1.29, 1.82) is 0 Å². The molecule has 1 saturated carbocycles. The molecule has 1 aliphatic heterocycles. The van der Waals surface area contributed by atoms with E-state index in [1.807, 2.05) is 0 Å². The number of piperidine rings is 1. The molecule has 34 heavy (non-hydrogen) atoms. The van der Waals surface area contributed by atoms with E-state index in [9.17, 15) is 26.3 Å². The predicted octanol–water partition coefficient (Wildman–Crippen LogP) is 3.63. The topological polar surface area (TPSA) is 70.4 Å². The fraction of sp³-hybridized carbons (Fsp3) is 0.619. The van der Waals surface area contributed by atoms with Crippen molar-refractivity contribution in [2.75, 3.05) is 27.3 Å². The molecule has 1 saturated heterocycles. The third kappa shape index (κ3) is 4.60. The molecule has 2 bridgehead atoms. The molecule has 0 radical (unpaired) electrons. The molecule has 1 aliphatic carbocycles. The van der Waals surface area contributed by atoms with Crippen LogP contribution >= 0.6 is 0 Å². The summed E-state index contributed by atoms with van der Waals surface area (Å²) < 4.78 is 96.6. The Morgan fingerprint density at radius 1 is 1.15 bits per heavy atom. The van der Waals surface area contributed by atoms with E-state index in [2.05, 4.69) is 15.4 Å². The molecule has 1 N–H and O–H groups in total. The summed E-state index contributed by atoms with van der Waals surface area (Å²) in [7, 11) is 2.60. The molecule has 2 fully saturated rings. The first-order chi connectivity index (χ1) is 16.0. The van der Waals surface area contributed by atoms with E-state index in [0.29, 0.717) is 31.6 Å². The molecule has 0 amide bonds. The number of halogens is 6. The molecular formula is C21H24F6N4O3. The quantitative estimate of drug-likeness (QED) is 0.469. The zero-order chi connectivity index (χ0) is 24.7. The summed E-state index contributed by atoms with van der Waals surface area (Å²) in [5, 5.41) is 7.25. The second-order valence-corrected chi connectivity index (χ2v) is 8.50. The Morgan fingerprint density at radius 3 is 2.47 bits per heavy atom. The fourth-order valence-electron chi connectivity index (χ4n) is 4.83. The molecule has 2 aromatic heterocycles. The minimum absolute atomic E-state index is 0.0666. The zero-order valence-corrected chi connectivity index (χ0v) is 18.4. The zero-order valence-electron chi connectivity index (χ0n) is 18.4. The molecule has 4 rings (SSSR count). The number of nitrogens with one attached hydrogen (secondary N) is 1. The fourth-order valence-corrected chi connectivity index (χ4v) is 4.83. The average Bonchev–Trinajstić information content (AvgIpc) is 3.26. The maximum absolute atomic E-state index is 13.6. The predicted molar refractivity (Wildman–Crippen MR) is 106 cm³/mol. The lowest BCUT2D eigenvalue weighted by molar-refractivity contribution is -0.150. The summed E-state index contributed by atoms with van der Waals surface area (Å²) >= 11 is 0. The smallest absolute Gasteiger partial charge is 0.433 e. The standard InChI is InChI=1S/C21H24F6N4O3/c1-32-17(33-2)10-31-15(21(25,26)27)7-16(30-31)34-18-12-5-6-19(18,11-28-8-12)14-4-3-13(9-29-14)20(22,23)24/h3-4,7,9,12,17-18,28H,5-6,8,10-11H2,1-2H3/t12?,18-,19?/m0/s1. The van der Waals surface area contributed by atoms with Gasteiger partial charge in [0.1, 0.15) is 11.8 Å². The van der Waals surface area contributed by atoms with Crippen LogP contribution in [-0.4, -0.2) is 54.5 Å². The maximum Gasteiger partial charge on any atom is 0.433 e. The van der Waals surface area contributed by atoms with E-state index < -0.39 is 41.4 Å². The molecule has 0 aromatic carbocycles. The molecule has 2 aromatic rings. The van der Waals surface area contributed by atoms with Gasteiger partial charge in [0.05, 0.1) is 23.2 Å². The van der Waals surface area contributed by atoms with Gasteiger partial charge in [0.2, 0.25) is 5.88 Å². The van der Waals surface area contributed by atoms with Gasteiger partial charge in [0, 0.05) is 45.5 Å². The lowest BCUT2D eigenvalue weighted by Gasteiger charge is -2.40. The van der Waals surface area contributed by atoms with Crippen LogP contribution in [0.5, 0.6) is 5.88 Å². The molecule has 188 valence electrons. The van der Waals surface area contributed by atoms with Gasteiger partial charge in [-0.2, -0.15) is 26.3 Å². The van der Waals surface area contributed by atoms with E-state index >= 15 is 0 Å². The number of hydrogen-bond acceptors (Lipinski definition) is 6. The summed E-state index contributed by atoms with van der Waals surface area (Å²) in [6, 6.07) is 3.09. The lowest BCUT2D eigenvalue weighted by atomic mass is 9.76. The van der Waals surface area contributed by atoms with Crippen LogP contribution in [0.4, 0.5) is 26.3 Å². The molecule has 2 aliphatic rings. The van der Waals surface area contributed by atoms with Crippen LogP contribution in [0.15, 0.2) is 24.4 Å². The number of nitrogens with zero attached hydrogens (tertiary/aromatic N) is 3. The number of methoxy groups -OCH3 is 2. The summed E-state index contributed by atoms with van der Waals surface area (Å²) in [6.07, 6.45) is -8.76. The first-order valence-electron chi connectivity index (χ1n) is 10.6. The van der Waals surface area contributed by atoms with Gasteiger partial charge in [-0.15, -0.1) is 5.10 Å². The first-order valence-corrected chi connectivity index (χ1v) is 10.6. The van der Waals surface area contributed by atoms with Crippen molar-refractivity contribution < 1.29 is 40.6 Å². The van der Waals surface area contributed by atoms with Crippen molar-refractivity contribution in [2.45, 2.75) is 49.5 Å². The van der Waals surface area contributed by atoms with Crippen molar-refractivity contribution in [3.63, 3.8) is 0 Å². The highest BCUT2D eigenvalue weighted by molar-refractivity contribution is 5.30. The second kappa shape index (κ2) is 9.00. The molecule has 13 heteroatoms. The van der Waals surface area contributed by atoms with Crippen LogP contribution in [0.1, 0.15) is 29.8 Å². The second-order valence-electron chi connectivity index (χ2n) is 8.50. The summed E-state index contributed by atoms with van der Waals surface area (Å²) in [5.74, 6) is -0.295. The summed E-state index contributed by atoms with van der Waals surface area (Å²) in [6.45, 7) is 0.622. The molecule has 3 heterocycles. The largest absolute Gasteiger partial charge is 0.472 e. The highest BCUT2D eigenvalue weighted by Gasteiger charge is 2.55. The molecule has 0 spiro atoms. The highest BCUT2D eigenvalue weighted by atomic mass is 19.4. The number of alkyl halides is 6. The van der Waals surface area contributed by atoms with Crippen molar-refractivity contribution in [1.82, 2.24) is 20.1 Å². The number of hydrogen-bond donors (Lipinski definition) is 1. The van der Waals surface area contributed by atoms with E-state index in [0.717, 1.165) is 23.0 Å². The van der Waals surface area contributed by atoms with E-state index in [4.69, 9.17) is 14.2 Å². The normalized spacial score (nSPS) is 25.2. The number of fused-ring (bicyclic) bond motifs is 2. The van der Waals surface area contributed by atoms with Crippen molar-refractivity contribution >= 4 is 0 Å². The van der Waals surface area contributed by atoms with Gasteiger partial charge < -0.3 is 19.5 Å². The highest BCUT2D eigenvalue weighted by Crippen LogP contribution is 2.48. The minimum Gasteiger partial charge on any atom is -0.472 e. The Morgan fingerprint density at radius 2 is 1.88 bits per heavy atom. The monoisotopic (exact) mass is 494 g/mol. The van der Waals surface area contributed by atoms with Gasteiger partial charge in [-0.3, -0.25) is 9.67 Å². The SMILES string of the molecule is COC(Cn1nc(O[C@H]2C3CCC2(c2ccc(C(F)(F)F)cn2)CNC3)cc1C(F)(F)F)OC. The lowest BCUT2D eigenvalue weighted by Crippen LogP contribution is -2.55. The molecule has 2 unspecified atom stereocenters. The van der Waals surface area contributed by atoms with Gasteiger partial charge in [-0.1, -0.05) is 0 Å². The number of aromatic nitrogens is 3. The van der Waals surface area contributed by atoms with Crippen LogP contribution in [0.25, 0.3) is 0 Å². The van der Waals surface area contributed by atoms with Crippen molar-refractivity contribution in [3.05, 3.63) is 41.3 Å². The first kappa shape index (κ1) is 24.7. The average molecular weight is 494 g/mol. The Kier molecular flexibility index (Phi) is 6.55.